The van der Waals surface area contributed by atoms with Crippen LogP contribution in [0.3, 0.4) is 0 Å². The van der Waals surface area contributed by atoms with Crippen molar-refractivity contribution in [3.05, 3.63) is 35.6 Å². The molecule has 4 nitrogen and oxygen atoms in total. The molecule has 0 heterocycles. The molecule has 0 radical (unpaired) electrons. The van der Waals surface area contributed by atoms with Gasteiger partial charge in [0.25, 0.3) is 0 Å². The number of benzene rings is 1. The first-order chi connectivity index (χ1) is 8.87. The summed E-state index contributed by atoms with van der Waals surface area (Å²) in [5.41, 5.74) is 0.428. The Morgan fingerprint density at radius 1 is 1.26 bits per heavy atom. The fourth-order valence-corrected chi connectivity index (χ4v) is 1.32. The van der Waals surface area contributed by atoms with Crippen molar-refractivity contribution < 1.29 is 18.7 Å². The molecule has 0 saturated heterocycles. The molecule has 106 valence electrons. The first-order valence-electron chi connectivity index (χ1n) is 6.18. The van der Waals surface area contributed by atoms with E-state index in [-0.39, 0.29) is 12.4 Å². The predicted molar refractivity (Wildman–Crippen MR) is 70.3 cm³/mol. The number of ether oxygens (including phenoxy) is 2. The Balaban J connectivity index is 2.11. The molecule has 0 fully saturated rings. The molecule has 1 N–H and O–H groups in total. The number of hydrogen-bond donors (Lipinski definition) is 1. The lowest BCUT2D eigenvalue weighted by molar-refractivity contribution is -0.00660. The lowest BCUT2D eigenvalue weighted by atomic mass is 10.2. The molecular weight excluding hydrogens is 249 g/mol. The van der Waals surface area contributed by atoms with E-state index in [0.29, 0.717) is 13.1 Å². The van der Waals surface area contributed by atoms with E-state index >= 15 is 0 Å². The minimum Gasteiger partial charge on any atom is -0.433 e. The molecule has 0 saturated carbocycles. The molecule has 0 aliphatic heterocycles. The zero-order valence-corrected chi connectivity index (χ0v) is 11.5. The van der Waals surface area contributed by atoms with E-state index < -0.39 is 11.8 Å². The summed E-state index contributed by atoms with van der Waals surface area (Å²) >= 11 is 0. The summed E-state index contributed by atoms with van der Waals surface area (Å²) < 4.78 is 22.5. The molecule has 0 atom stereocenters. The molecule has 0 aromatic heterocycles. The molecule has 1 rings (SSSR count). The molecule has 0 aliphatic carbocycles. The van der Waals surface area contributed by atoms with Crippen molar-refractivity contribution in [3.8, 4) is 0 Å². The standard InChI is InChI=1S/C14H20FNO3/c1-14(2,3)19-13(17)18-9-8-16-10-11-4-6-12(15)7-5-11/h4-7,16H,8-10H2,1-3H3. The molecule has 5 heteroatoms. The first kappa shape index (κ1) is 15.4. The molecule has 0 spiro atoms. The van der Waals surface area contributed by atoms with Crippen LogP contribution in [0.1, 0.15) is 26.3 Å². The third kappa shape index (κ3) is 7.41. The molecule has 0 unspecified atom stereocenters. The Morgan fingerprint density at radius 3 is 2.47 bits per heavy atom. The maximum absolute atomic E-state index is 12.7. The second-order valence-electron chi connectivity index (χ2n) is 5.12. The summed E-state index contributed by atoms with van der Waals surface area (Å²) in [4.78, 5) is 11.2. The van der Waals surface area contributed by atoms with Crippen LogP contribution in [0.15, 0.2) is 24.3 Å². The molecular formula is C14H20FNO3. The highest BCUT2D eigenvalue weighted by Crippen LogP contribution is 2.07. The SMILES string of the molecule is CC(C)(C)OC(=O)OCCNCc1ccc(F)cc1. The van der Waals surface area contributed by atoms with Crippen LogP contribution in [0.5, 0.6) is 0 Å². The smallest absolute Gasteiger partial charge is 0.433 e. The van der Waals surface area contributed by atoms with Gasteiger partial charge in [0.2, 0.25) is 0 Å². The molecule has 1 aromatic rings. The summed E-state index contributed by atoms with van der Waals surface area (Å²) in [6.07, 6.45) is -0.670. The normalized spacial score (nSPS) is 11.2. The molecule has 1 aromatic carbocycles. The van der Waals surface area contributed by atoms with Crippen molar-refractivity contribution in [1.29, 1.82) is 0 Å². The highest BCUT2D eigenvalue weighted by atomic mass is 19.1. The number of halogens is 1. The van der Waals surface area contributed by atoms with E-state index in [9.17, 15) is 9.18 Å². The number of nitrogens with one attached hydrogen (secondary N) is 1. The molecule has 0 amide bonds. The third-order valence-corrected chi connectivity index (χ3v) is 2.13. The monoisotopic (exact) mass is 269 g/mol. The summed E-state index contributed by atoms with van der Waals surface area (Å²) in [6, 6.07) is 6.23. The Kier molecular flexibility index (Phi) is 5.76. The number of carbonyl (C=O) groups excluding carboxylic acids is 1. The van der Waals surface area contributed by atoms with Crippen LogP contribution in [0.4, 0.5) is 9.18 Å². The fourth-order valence-electron chi connectivity index (χ4n) is 1.32. The van der Waals surface area contributed by atoms with Gasteiger partial charge >= 0.3 is 6.16 Å². The predicted octanol–water partition coefficient (Wildman–Crippen LogP) is 2.87. The van der Waals surface area contributed by atoms with Crippen molar-refractivity contribution in [3.63, 3.8) is 0 Å². The number of rotatable bonds is 5. The van der Waals surface area contributed by atoms with Gasteiger partial charge in [-0.25, -0.2) is 9.18 Å². The largest absolute Gasteiger partial charge is 0.508 e. The lowest BCUT2D eigenvalue weighted by Crippen LogP contribution is -2.27. The maximum Gasteiger partial charge on any atom is 0.508 e. The average molecular weight is 269 g/mol. The molecule has 0 bridgehead atoms. The van der Waals surface area contributed by atoms with Crippen molar-refractivity contribution in [2.75, 3.05) is 13.2 Å². The minimum absolute atomic E-state index is 0.232. The summed E-state index contributed by atoms with van der Waals surface area (Å²) in [5, 5.41) is 3.08. The van der Waals surface area contributed by atoms with Crippen LogP contribution in [0.25, 0.3) is 0 Å². The van der Waals surface area contributed by atoms with E-state index in [1.54, 1.807) is 32.9 Å². The van der Waals surface area contributed by atoms with E-state index in [0.717, 1.165) is 5.56 Å². The van der Waals surface area contributed by atoms with Crippen LogP contribution in [0, 0.1) is 5.82 Å². The van der Waals surface area contributed by atoms with Gasteiger partial charge in [0.1, 0.15) is 18.0 Å². The lowest BCUT2D eigenvalue weighted by Gasteiger charge is -2.18. The third-order valence-electron chi connectivity index (χ3n) is 2.13. The Morgan fingerprint density at radius 2 is 1.89 bits per heavy atom. The van der Waals surface area contributed by atoms with Crippen LogP contribution >= 0.6 is 0 Å². The van der Waals surface area contributed by atoms with Gasteiger partial charge in [-0.3, -0.25) is 0 Å². The van der Waals surface area contributed by atoms with E-state index in [1.165, 1.54) is 12.1 Å². The molecule has 19 heavy (non-hydrogen) atoms. The van der Waals surface area contributed by atoms with Gasteiger partial charge in [-0.05, 0) is 38.5 Å². The summed E-state index contributed by atoms with van der Waals surface area (Å²) in [7, 11) is 0. The van der Waals surface area contributed by atoms with Gasteiger partial charge in [0, 0.05) is 13.1 Å². The second kappa shape index (κ2) is 7.09. The average Bonchev–Trinajstić information content (AvgIpc) is 2.29. The van der Waals surface area contributed by atoms with E-state index in [1.807, 2.05) is 0 Å². The Hall–Kier alpha value is -1.62. The van der Waals surface area contributed by atoms with Crippen LogP contribution in [-0.2, 0) is 16.0 Å². The van der Waals surface area contributed by atoms with Crippen LogP contribution < -0.4 is 5.32 Å². The summed E-state index contributed by atoms with van der Waals surface area (Å²) in [6.45, 7) is 6.67. The van der Waals surface area contributed by atoms with Gasteiger partial charge in [-0.15, -0.1) is 0 Å². The highest BCUT2D eigenvalue weighted by molar-refractivity contribution is 5.60. The Bertz CT molecular complexity index is 398. The van der Waals surface area contributed by atoms with Gasteiger partial charge in [0.05, 0.1) is 0 Å². The fraction of sp³-hybridized carbons (Fsp3) is 0.500. The van der Waals surface area contributed by atoms with Gasteiger partial charge in [-0.1, -0.05) is 12.1 Å². The van der Waals surface area contributed by atoms with Crippen molar-refractivity contribution in [1.82, 2.24) is 5.32 Å². The van der Waals surface area contributed by atoms with Crippen LogP contribution in [-0.4, -0.2) is 24.9 Å². The van der Waals surface area contributed by atoms with Gasteiger partial charge in [0.15, 0.2) is 0 Å². The number of hydrogen-bond acceptors (Lipinski definition) is 4. The van der Waals surface area contributed by atoms with Crippen molar-refractivity contribution >= 4 is 6.16 Å². The van der Waals surface area contributed by atoms with Crippen molar-refractivity contribution in [2.24, 2.45) is 0 Å². The zero-order chi connectivity index (χ0) is 14.3. The van der Waals surface area contributed by atoms with Gasteiger partial charge in [-0.2, -0.15) is 0 Å². The van der Waals surface area contributed by atoms with Crippen LogP contribution in [0.2, 0.25) is 0 Å². The number of carbonyl (C=O) groups is 1. The quantitative estimate of drug-likeness (QED) is 0.659. The van der Waals surface area contributed by atoms with Gasteiger partial charge < -0.3 is 14.8 Å². The van der Waals surface area contributed by atoms with Crippen molar-refractivity contribution in [2.45, 2.75) is 32.9 Å². The van der Waals surface area contributed by atoms with E-state index in [4.69, 9.17) is 9.47 Å². The zero-order valence-electron chi connectivity index (χ0n) is 11.5. The Labute approximate surface area is 112 Å². The van der Waals surface area contributed by atoms with E-state index in [2.05, 4.69) is 5.32 Å². The topological polar surface area (TPSA) is 47.6 Å². The first-order valence-corrected chi connectivity index (χ1v) is 6.18. The summed E-state index contributed by atoms with van der Waals surface area (Å²) in [5.74, 6) is -0.253. The second-order valence-corrected chi connectivity index (χ2v) is 5.12. The minimum atomic E-state index is -0.670. The highest BCUT2D eigenvalue weighted by Gasteiger charge is 2.16. The maximum atomic E-state index is 12.7. The molecule has 0 aliphatic rings.